The molecule has 0 bridgehead atoms. The minimum absolute atomic E-state index is 0.154. The summed E-state index contributed by atoms with van der Waals surface area (Å²) in [5, 5.41) is 9.23. The van der Waals surface area contributed by atoms with Crippen LogP contribution in [0, 0.1) is 0 Å². The van der Waals surface area contributed by atoms with Gasteiger partial charge in [0.15, 0.2) is 0 Å². The van der Waals surface area contributed by atoms with Crippen LogP contribution in [0.25, 0.3) is 6.08 Å². The standard InChI is InChI=1S/C13H14N4O/c14-12-3-1-2-10(6-12)4-5-13(18)15-7-11-8-16-17-9-11/h1-6,8-9H,7,14H2,(H,15,18)(H,16,17)/b5-4+. The molecule has 1 aromatic carbocycles. The highest BCUT2D eigenvalue weighted by molar-refractivity contribution is 5.91. The Kier molecular flexibility index (Phi) is 3.76. The van der Waals surface area contributed by atoms with Gasteiger partial charge in [-0.3, -0.25) is 9.89 Å². The van der Waals surface area contributed by atoms with Gasteiger partial charge in [-0.25, -0.2) is 0 Å². The number of hydrogen-bond donors (Lipinski definition) is 3. The summed E-state index contributed by atoms with van der Waals surface area (Å²) in [5.74, 6) is -0.154. The van der Waals surface area contributed by atoms with Gasteiger partial charge < -0.3 is 11.1 Å². The summed E-state index contributed by atoms with van der Waals surface area (Å²) in [6.45, 7) is 0.455. The lowest BCUT2D eigenvalue weighted by atomic mass is 10.2. The van der Waals surface area contributed by atoms with Gasteiger partial charge in [0, 0.05) is 30.1 Å². The molecule has 1 heterocycles. The number of nitrogens with one attached hydrogen (secondary N) is 2. The quantitative estimate of drug-likeness (QED) is 0.558. The Morgan fingerprint density at radius 1 is 1.50 bits per heavy atom. The van der Waals surface area contributed by atoms with Crippen LogP contribution < -0.4 is 11.1 Å². The van der Waals surface area contributed by atoms with Gasteiger partial charge >= 0.3 is 0 Å². The highest BCUT2D eigenvalue weighted by Gasteiger charge is 1.97. The fraction of sp³-hybridized carbons (Fsp3) is 0.0769. The zero-order valence-electron chi connectivity index (χ0n) is 9.76. The predicted octanol–water partition coefficient (Wildman–Crippen LogP) is 1.32. The zero-order valence-corrected chi connectivity index (χ0v) is 9.76. The smallest absolute Gasteiger partial charge is 0.244 e. The molecule has 0 radical (unpaired) electrons. The minimum atomic E-state index is -0.154. The van der Waals surface area contributed by atoms with E-state index in [1.54, 1.807) is 30.6 Å². The van der Waals surface area contributed by atoms with E-state index in [4.69, 9.17) is 5.73 Å². The molecule has 1 amide bonds. The number of nitrogen functional groups attached to an aromatic ring is 1. The average molecular weight is 242 g/mol. The number of aromatic nitrogens is 2. The highest BCUT2D eigenvalue weighted by atomic mass is 16.1. The molecular formula is C13H14N4O. The number of carbonyl (C=O) groups excluding carboxylic acids is 1. The summed E-state index contributed by atoms with van der Waals surface area (Å²) in [6.07, 6.45) is 6.61. The van der Waals surface area contributed by atoms with E-state index < -0.39 is 0 Å². The third-order valence-electron chi connectivity index (χ3n) is 2.36. The van der Waals surface area contributed by atoms with Crippen molar-refractivity contribution < 1.29 is 4.79 Å². The van der Waals surface area contributed by atoms with Crippen molar-refractivity contribution in [1.29, 1.82) is 0 Å². The second-order valence-corrected chi connectivity index (χ2v) is 3.83. The van der Waals surface area contributed by atoms with E-state index >= 15 is 0 Å². The van der Waals surface area contributed by atoms with Crippen molar-refractivity contribution in [2.24, 2.45) is 0 Å². The first-order valence-electron chi connectivity index (χ1n) is 5.53. The molecule has 0 spiro atoms. The summed E-state index contributed by atoms with van der Waals surface area (Å²) in [4.78, 5) is 11.5. The van der Waals surface area contributed by atoms with Gasteiger partial charge in [0.1, 0.15) is 0 Å². The molecule has 0 aliphatic rings. The van der Waals surface area contributed by atoms with Gasteiger partial charge in [0.05, 0.1) is 6.20 Å². The van der Waals surface area contributed by atoms with Crippen LogP contribution in [0.4, 0.5) is 5.69 Å². The molecule has 1 aromatic heterocycles. The molecule has 0 fully saturated rings. The van der Waals surface area contributed by atoms with Crippen LogP contribution in [0.3, 0.4) is 0 Å². The van der Waals surface area contributed by atoms with Crippen molar-refractivity contribution in [3.8, 4) is 0 Å². The summed E-state index contributed by atoms with van der Waals surface area (Å²) in [7, 11) is 0. The number of nitrogens with two attached hydrogens (primary N) is 1. The number of benzene rings is 1. The SMILES string of the molecule is Nc1cccc(/C=C/C(=O)NCc2cn[nH]c2)c1. The van der Waals surface area contributed by atoms with Crippen LogP contribution in [0.15, 0.2) is 42.7 Å². The maximum atomic E-state index is 11.5. The minimum Gasteiger partial charge on any atom is -0.399 e. The van der Waals surface area contributed by atoms with E-state index in [1.165, 1.54) is 6.08 Å². The fourth-order valence-electron chi connectivity index (χ4n) is 1.46. The Labute approximate surface area is 105 Å². The van der Waals surface area contributed by atoms with Gasteiger partial charge in [0.2, 0.25) is 5.91 Å². The van der Waals surface area contributed by atoms with Crippen LogP contribution in [0.1, 0.15) is 11.1 Å². The molecule has 92 valence electrons. The zero-order chi connectivity index (χ0) is 12.8. The number of carbonyl (C=O) groups is 1. The molecule has 4 N–H and O–H groups in total. The van der Waals surface area contributed by atoms with Crippen molar-refractivity contribution in [2.45, 2.75) is 6.54 Å². The van der Waals surface area contributed by atoms with Crippen LogP contribution in [0.2, 0.25) is 0 Å². The van der Waals surface area contributed by atoms with Gasteiger partial charge in [-0.1, -0.05) is 12.1 Å². The summed E-state index contributed by atoms with van der Waals surface area (Å²) in [5.41, 5.74) is 8.15. The molecule has 0 atom stereocenters. The monoisotopic (exact) mass is 242 g/mol. The molecule has 5 nitrogen and oxygen atoms in total. The van der Waals surface area contributed by atoms with E-state index in [0.29, 0.717) is 12.2 Å². The molecule has 0 saturated heterocycles. The normalized spacial score (nSPS) is 10.7. The van der Waals surface area contributed by atoms with Crippen molar-refractivity contribution >= 4 is 17.7 Å². The molecule has 2 rings (SSSR count). The first-order valence-corrected chi connectivity index (χ1v) is 5.53. The molecule has 0 aliphatic carbocycles. The summed E-state index contributed by atoms with van der Waals surface area (Å²) < 4.78 is 0. The maximum Gasteiger partial charge on any atom is 0.244 e. The van der Waals surface area contributed by atoms with Gasteiger partial charge in [-0.15, -0.1) is 0 Å². The topological polar surface area (TPSA) is 83.8 Å². The van der Waals surface area contributed by atoms with E-state index in [9.17, 15) is 4.79 Å². The van der Waals surface area contributed by atoms with Crippen molar-refractivity contribution in [3.05, 3.63) is 53.9 Å². The van der Waals surface area contributed by atoms with Gasteiger partial charge in [0.25, 0.3) is 0 Å². The number of rotatable bonds is 4. The molecular weight excluding hydrogens is 228 g/mol. The summed E-state index contributed by atoms with van der Waals surface area (Å²) >= 11 is 0. The van der Waals surface area contributed by atoms with Crippen molar-refractivity contribution in [2.75, 3.05) is 5.73 Å². The van der Waals surface area contributed by atoms with Crippen molar-refractivity contribution in [1.82, 2.24) is 15.5 Å². The number of anilines is 1. The van der Waals surface area contributed by atoms with E-state index in [1.807, 2.05) is 12.1 Å². The first-order chi connectivity index (χ1) is 8.74. The van der Waals surface area contributed by atoms with Crippen LogP contribution in [-0.2, 0) is 11.3 Å². The molecule has 5 heteroatoms. The van der Waals surface area contributed by atoms with Crippen LogP contribution >= 0.6 is 0 Å². The van der Waals surface area contributed by atoms with Gasteiger partial charge in [-0.2, -0.15) is 5.10 Å². The molecule has 0 aliphatic heterocycles. The predicted molar refractivity (Wildman–Crippen MR) is 70.3 cm³/mol. The number of hydrogen-bond acceptors (Lipinski definition) is 3. The maximum absolute atomic E-state index is 11.5. The largest absolute Gasteiger partial charge is 0.399 e. The molecule has 0 saturated carbocycles. The highest BCUT2D eigenvalue weighted by Crippen LogP contribution is 2.07. The number of nitrogens with zero attached hydrogens (tertiary/aromatic N) is 1. The molecule has 2 aromatic rings. The molecule has 18 heavy (non-hydrogen) atoms. The van der Waals surface area contributed by atoms with E-state index in [-0.39, 0.29) is 5.91 Å². The van der Waals surface area contributed by atoms with E-state index in [2.05, 4.69) is 15.5 Å². The third kappa shape index (κ3) is 3.48. The lowest BCUT2D eigenvalue weighted by molar-refractivity contribution is -0.116. The number of H-pyrrole nitrogens is 1. The Morgan fingerprint density at radius 3 is 3.11 bits per heavy atom. The third-order valence-corrected chi connectivity index (χ3v) is 2.36. The van der Waals surface area contributed by atoms with Crippen molar-refractivity contribution in [3.63, 3.8) is 0 Å². The van der Waals surface area contributed by atoms with Gasteiger partial charge in [-0.05, 0) is 23.8 Å². The summed E-state index contributed by atoms with van der Waals surface area (Å²) in [6, 6.07) is 7.34. The lowest BCUT2D eigenvalue weighted by Gasteiger charge is -1.99. The Hall–Kier alpha value is -2.56. The number of amides is 1. The van der Waals surface area contributed by atoms with Crippen LogP contribution in [0.5, 0.6) is 0 Å². The Bertz CT molecular complexity index is 546. The van der Waals surface area contributed by atoms with Crippen LogP contribution in [-0.4, -0.2) is 16.1 Å². The second kappa shape index (κ2) is 5.67. The first kappa shape index (κ1) is 11.9. The average Bonchev–Trinajstić information content (AvgIpc) is 2.87. The fourth-order valence-corrected chi connectivity index (χ4v) is 1.46. The lowest BCUT2D eigenvalue weighted by Crippen LogP contribution is -2.19. The van der Waals surface area contributed by atoms with E-state index in [0.717, 1.165) is 11.1 Å². The molecule has 0 unspecified atom stereocenters. The Morgan fingerprint density at radius 2 is 2.39 bits per heavy atom. The Balaban J connectivity index is 1.87. The second-order valence-electron chi connectivity index (χ2n) is 3.83. The number of aromatic amines is 1.